The Hall–Kier alpha value is -2.11. The van der Waals surface area contributed by atoms with Crippen LogP contribution < -0.4 is 10.9 Å². The number of fused-ring (bicyclic) bond motifs is 1. The van der Waals surface area contributed by atoms with Gasteiger partial charge < -0.3 is 9.52 Å². The van der Waals surface area contributed by atoms with E-state index in [0.717, 1.165) is 6.42 Å². The third kappa shape index (κ3) is 2.01. The Morgan fingerprint density at radius 1 is 1.33 bits per heavy atom. The summed E-state index contributed by atoms with van der Waals surface area (Å²) in [7, 11) is 0. The molecule has 0 saturated heterocycles. The molecule has 1 aliphatic rings. The van der Waals surface area contributed by atoms with Crippen molar-refractivity contribution >= 4 is 11.8 Å². The Balaban J connectivity index is 2.55. The summed E-state index contributed by atoms with van der Waals surface area (Å²) in [6, 6.07) is 0. The predicted molar refractivity (Wildman–Crippen MR) is 61.4 cm³/mol. The summed E-state index contributed by atoms with van der Waals surface area (Å²) in [5, 5.41) is 12.0. The van der Waals surface area contributed by atoms with E-state index in [4.69, 9.17) is 4.42 Å². The molecule has 6 heteroatoms. The summed E-state index contributed by atoms with van der Waals surface area (Å²) in [5.41, 5.74) is -0.678. The van der Waals surface area contributed by atoms with Gasteiger partial charge in [0.25, 0.3) is 5.91 Å². The molecule has 1 aliphatic heterocycles. The van der Waals surface area contributed by atoms with E-state index >= 15 is 0 Å². The Morgan fingerprint density at radius 3 is 2.72 bits per heavy atom. The predicted octanol–water partition coefficient (Wildman–Crippen LogP) is 0.500. The van der Waals surface area contributed by atoms with Crippen molar-refractivity contribution in [2.75, 3.05) is 0 Å². The molecule has 1 aromatic rings. The molecule has 2 amide bonds. The number of carbonyl (C=O) groups is 2. The zero-order chi connectivity index (χ0) is 13.3. The molecule has 0 spiro atoms. The molecule has 0 bridgehead atoms. The molecular weight excluding hydrogens is 238 g/mol. The van der Waals surface area contributed by atoms with E-state index in [1.54, 1.807) is 0 Å². The molecule has 96 valence electrons. The van der Waals surface area contributed by atoms with Crippen molar-refractivity contribution < 1.29 is 19.1 Å². The summed E-state index contributed by atoms with van der Waals surface area (Å²) in [4.78, 5) is 34.4. The summed E-state index contributed by atoms with van der Waals surface area (Å²) in [5.74, 6) is -1.69. The van der Waals surface area contributed by atoms with Crippen LogP contribution in [0.15, 0.2) is 9.21 Å². The van der Waals surface area contributed by atoms with Gasteiger partial charge in [-0.2, -0.15) is 0 Å². The Bertz CT molecular complexity index is 573. The standard InChI is InChI=1S/C12H13NO5/c1-2-3-4-6-10(15)9-7(18-12(6)17)5-8(14)13-11(9)16/h15H,2-5H2,1H3,(H,13,14,16). The first-order valence-corrected chi connectivity index (χ1v) is 5.76. The zero-order valence-corrected chi connectivity index (χ0v) is 9.91. The fourth-order valence-corrected chi connectivity index (χ4v) is 1.92. The highest BCUT2D eigenvalue weighted by atomic mass is 16.4. The van der Waals surface area contributed by atoms with Gasteiger partial charge in [-0.1, -0.05) is 13.3 Å². The van der Waals surface area contributed by atoms with Crippen molar-refractivity contribution in [3.8, 4) is 5.75 Å². The molecule has 2 heterocycles. The minimum Gasteiger partial charge on any atom is -0.506 e. The molecule has 1 aromatic heterocycles. The van der Waals surface area contributed by atoms with Gasteiger partial charge in [-0.15, -0.1) is 0 Å². The van der Waals surface area contributed by atoms with Gasteiger partial charge >= 0.3 is 5.63 Å². The minimum atomic E-state index is -0.722. The second-order valence-electron chi connectivity index (χ2n) is 4.17. The van der Waals surface area contributed by atoms with Crippen molar-refractivity contribution in [3.63, 3.8) is 0 Å². The van der Waals surface area contributed by atoms with Gasteiger partial charge in [0.2, 0.25) is 5.91 Å². The Labute approximate surface area is 103 Å². The van der Waals surface area contributed by atoms with Crippen molar-refractivity contribution in [3.05, 3.63) is 27.3 Å². The molecule has 0 fully saturated rings. The Morgan fingerprint density at radius 2 is 2.06 bits per heavy atom. The first-order valence-electron chi connectivity index (χ1n) is 5.76. The molecule has 0 atom stereocenters. The number of imide groups is 1. The van der Waals surface area contributed by atoms with Crippen LogP contribution in [-0.2, 0) is 17.6 Å². The lowest BCUT2D eigenvalue weighted by atomic mass is 10.0. The molecule has 0 saturated carbocycles. The number of amides is 2. The summed E-state index contributed by atoms with van der Waals surface area (Å²) >= 11 is 0. The maximum absolute atomic E-state index is 11.7. The van der Waals surface area contributed by atoms with Gasteiger partial charge in [-0.25, -0.2) is 4.79 Å². The van der Waals surface area contributed by atoms with E-state index in [1.807, 2.05) is 6.92 Å². The topological polar surface area (TPSA) is 96.6 Å². The second-order valence-corrected chi connectivity index (χ2v) is 4.17. The smallest absolute Gasteiger partial charge is 0.342 e. The van der Waals surface area contributed by atoms with Crippen LogP contribution in [0.5, 0.6) is 5.75 Å². The summed E-state index contributed by atoms with van der Waals surface area (Å²) in [6.45, 7) is 1.95. The average molecular weight is 251 g/mol. The zero-order valence-electron chi connectivity index (χ0n) is 9.91. The van der Waals surface area contributed by atoms with Crippen molar-refractivity contribution in [1.29, 1.82) is 0 Å². The van der Waals surface area contributed by atoms with Gasteiger partial charge in [0.15, 0.2) is 0 Å². The SMILES string of the molecule is CCCCc1c(O)c2c(oc1=O)CC(=O)NC2=O. The van der Waals surface area contributed by atoms with E-state index in [-0.39, 0.29) is 29.1 Å². The molecule has 0 aliphatic carbocycles. The van der Waals surface area contributed by atoms with Gasteiger partial charge in [0.05, 0.1) is 12.0 Å². The highest BCUT2D eigenvalue weighted by Crippen LogP contribution is 2.26. The molecular formula is C12H13NO5. The van der Waals surface area contributed by atoms with E-state index in [9.17, 15) is 19.5 Å². The van der Waals surface area contributed by atoms with Crippen LogP contribution in [0.2, 0.25) is 0 Å². The number of hydrogen-bond donors (Lipinski definition) is 2. The van der Waals surface area contributed by atoms with Crippen LogP contribution in [0.3, 0.4) is 0 Å². The van der Waals surface area contributed by atoms with Crippen LogP contribution >= 0.6 is 0 Å². The molecule has 2 N–H and O–H groups in total. The molecule has 2 rings (SSSR count). The van der Waals surface area contributed by atoms with Crippen molar-refractivity contribution in [2.24, 2.45) is 0 Å². The second kappa shape index (κ2) is 4.64. The number of unbranched alkanes of at least 4 members (excludes halogenated alkanes) is 1. The summed E-state index contributed by atoms with van der Waals surface area (Å²) < 4.78 is 4.95. The fraction of sp³-hybridized carbons (Fsp3) is 0.417. The third-order valence-corrected chi connectivity index (χ3v) is 2.85. The highest BCUT2D eigenvalue weighted by Gasteiger charge is 2.30. The molecule has 6 nitrogen and oxygen atoms in total. The molecule has 0 aromatic carbocycles. The van der Waals surface area contributed by atoms with E-state index in [0.29, 0.717) is 12.8 Å². The van der Waals surface area contributed by atoms with Gasteiger partial charge in [0, 0.05) is 0 Å². The molecule has 0 radical (unpaired) electrons. The van der Waals surface area contributed by atoms with E-state index in [2.05, 4.69) is 5.32 Å². The number of carbonyl (C=O) groups excluding carboxylic acids is 2. The van der Waals surface area contributed by atoms with Crippen LogP contribution in [0.1, 0.15) is 41.4 Å². The quantitative estimate of drug-likeness (QED) is 0.762. The third-order valence-electron chi connectivity index (χ3n) is 2.85. The fourth-order valence-electron chi connectivity index (χ4n) is 1.92. The van der Waals surface area contributed by atoms with Gasteiger partial charge in [0.1, 0.15) is 17.1 Å². The van der Waals surface area contributed by atoms with E-state index < -0.39 is 17.4 Å². The molecule has 0 unspecified atom stereocenters. The number of nitrogens with one attached hydrogen (secondary N) is 1. The Kier molecular flexibility index (Phi) is 3.18. The number of hydrogen-bond acceptors (Lipinski definition) is 5. The lowest BCUT2D eigenvalue weighted by molar-refractivity contribution is -0.120. The largest absolute Gasteiger partial charge is 0.506 e. The van der Waals surface area contributed by atoms with Crippen LogP contribution in [-0.4, -0.2) is 16.9 Å². The van der Waals surface area contributed by atoms with Gasteiger partial charge in [-0.05, 0) is 12.8 Å². The average Bonchev–Trinajstić information content (AvgIpc) is 2.27. The lowest BCUT2D eigenvalue weighted by Crippen LogP contribution is -2.38. The molecule has 18 heavy (non-hydrogen) atoms. The maximum atomic E-state index is 11.7. The monoisotopic (exact) mass is 251 g/mol. The number of aromatic hydroxyl groups is 1. The van der Waals surface area contributed by atoms with Crippen molar-refractivity contribution in [2.45, 2.75) is 32.6 Å². The number of rotatable bonds is 3. The normalized spacial score (nSPS) is 14.3. The summed E-state index contributed by atoms with van der Waals surface area (Å²) in [6.07, 6.45) is 1.69. The highest BCUT2D eigenvalue weighted by molar-refractivity contribution is 6.10. The minimum absolute atomic E-state index is 0.0634. The van der Waals surface area contributed by atoms with Crippen LogP contribution in [0, 0.1) is 0 Å². The van der Waals surface area contributed by atoms with Crippen molar-refractivity contribution in [1.82, 2.24) is 5.32 Å². The van der Waals surface area contributed by atoms with Gasteiger partial charge in [-0.3, -0.25) is 14.9 Å². The first-order chi connectivity index (χ1) is 8.54. The van der Waals surface area contributed by atoms with E-state index in [1.165, 1.54) is 0 Å². The van der Waals surface area contributed by atoms with Crippen LogP contribution in [0.25, 0.3) is 0 Å². The maximum Gasteiger partial charge on any atom is 0.342 e. The lowest BCUT2D eigenvalue weighted by Gasteiger charge is -2.16. The first kappa shape index (κ1) is 12.3. The van der Waals surface area contributed by atoms with Crippen LogP contribution in [0.4, 0.5) is 0 Å².